The van der Waals surface area contributed by atoms with Crippen LogP contribution in [0, 0.1) is 0 Å². The summed E-state index contributed by atoms with van der Waals surface area (Å²) in [6.45, 7) is 3.06. The minimum absolute atomic E-state index is 0.109. The second-order valence-electron chi connectivity index (χ2n) is 3.74. The summed E-state index contributed by atoms with van der Waals surface area (Å²) in [5.41, 5.74) is 0.941. The van der Waals surface area contributed by atoms with Crippen molar-refractivity contribution in [1.82, 2.24) is 34.3 Å². The molecule has 0 saturated heterocycles. The van der Waals surface area contributed by atoms with Gasteiger partial charge < -0.3 is 5.32 Å². The van der Waals surface area contributed by atoms with Crippen molar-refractivity contribution >= 4 is 11.7 Å². The van der Waals surface area contributed by atoms with E-state index in [0.717, 1.165) is 18.7 Å². The highest BCUT2D eigenvalue weighted by Gasteiger charge is 2.16. The molecule has 0 fully saturated rings. The third-order valence-corrected chi connectivity index (χ3v) is 2.80. The number of hydrogen-bond donors (Lipinski definition) is 1. The van der Waals surface area contributed by atoms with Crippen LogP contribution in [0.15, 0.2) is 6.20 Å². The first-order chi connectivity index (χ1) is 8.29. The number of hydrogen-bond acceptors (Lipinski definition) is 7. The predicted molar refractivity (Wildman–Crippen MR) is 63.4 cm³/mol. The molecule has 2 aromatic heterocycles. The van der Waals surface area contributed by atoms with Crippen LogP contribution in [0.5, 0.6) is 0 Å². The Bertz CT molecular complexity index is 438. The van der Waals surface area contributed by atoms with Crippen LogP contribution in [0.1, 0.15) is 30.9 Å². The van der Waals surface area contributed by atoms with Crippen LogP contribution < -0.4 is 5.32 Å². The molecule has 0 spiro atoms. The van der Waals surface area contributed by atoms with E-state index in [1.807, 2.05) is 0 Å². The fourth-order valence-electron chi connectivity index (χ4n) is 1.51. The zero-order valence-electron chi connectivity index (χ0n) is 9.87. The highest BCUT2D eigenvalue weighted by atomic mass is 32.1. The first-order valence-electron chi connectivity index (χ1n) is 5.53. The molecule has 0 saturated carbocycles. The Kier molecular flexibility index (Phi) is 4.10. The Morgan fingerprint density at radius 3 is 3.00 bits per heavy atom. The molecule has 1 unspecified atom stereocenters. The van der Waals surface area contributed by atoms with E-state index < -0.39 is 0 Å². The van der Waals surface area contributed by atoms with Crippen LogP contribution in [-0.4, -0.2) is 35.5 Å². The van der Waals surface area contributed by atoms with Crippen molar-refractivity contribution in [1.29, 1.82) is 0 Å². The summed E-state index contributed by atoms with van der Waals surface area (Å²) in [5, 5.41) is 15.4. The molecule has 0 aliphatic carbocycles. The monoisotopic (exact) mass is 253 g/mol. The summed E-state index contributed by atoms with van der Waals surface area (Å²) in [6, 6.07) is 0.109. The lowest BCUT2D eigenvalue weighted by atomic mass is 10.1. The molecule has 8 heteroatoms. The molecule has 0 aromatic carbocycles. The number of rotatable bonds is 6. The first kappa shape index (κ1) is 12.1. The zero-order chi connectivity index (χ0) is 12.1. The maximum atomic E-state index is 4.26. The zero-order valence-corrected chi connectivity index (χ0v) is 10.7. The molecule has 2 aromatic rings. The van der Waals surface area contributed by atoms with Crippen molar-refractivity contribution in [2.75, 3.05) is 6.54 Å². The van der Waals surface area contributed by atoms with Crippen LogP contribution in [0.4, 0.5) is 0 Å². The lowest BCUT2D eigenvalue weighted by molar-refractivity contribution is 0.509. The largest absolute Gasteiger partial charge is 0.308 e. The fourth-order valence-corrected chi connectivity index (χ4v) is 1.98. The van der Waals surface area contributed by atoms with E-state index in [1.165, 1.54) is 16.5 Å². The van der Waals surface area contributed by atoms with Crippen LogP contribution in [0.25, 0.3) is 0 Å². The van der Waals surface area contributed by atoms with Crippen molar-refractivity contribution in [2.45, 2.75) is 25.8 Å². The number of aromatic nitrogens is 6. The molecular weight excluding hydrogens is 238 g/mol. The fraction of sp³-hybridized carbons (Fsp3) is 0.667. The molecule has 1 N–H and O–H groups in total. The van der Waals surface area contributed by atoms with Gasteiger partial charge in [-0.1, -0.05) is 6.92 Å². The van der Waals surface area contributed by atoms with Gasteiger partial charge in [0.15, 0.2) is 5.82 Å². The van der Waals surface area contributed by atoms with Crippen molar-refractivity contribution in [3.63, 3.8) is 0 Å². The van der Waals surface area contributed by atoms with E-state index in [2.05, 4.69) is 36.4 Å². The molecule has 0 aliphatic rings. The lowest BCUT2D eigenvalue weighted by Crippen LogP contribution is -2.24. The number of aryl methyl sites for hydroxylation is 1. The van der Waals surface area contributed by atoms with E-state index >= 15 is 0 Å². The van der Waals surface area contributed by atoms with E-state index in [0.29, 0.717) is 12.2 Å². The normalized spacial score (nSPS) is 12.8. The maximum Gasteiger partial charge on any atom is 0.176 e. The summed E-state index contributed by atoms with van der Waals surface area (Å²) in [6.07, 6.45) is 3.54. The van der Waals surface area contributed by atoms with Crippen molar-refractivity contribution in [3.05, 3.63) is 17.7 Å². The number of tetrazole rings is 1. The summed E-state index contributed by atoms with van der Waals surface area (Å²) in [4.78, 5) is 1.46. The second kappa shape index (κ2) is 5.78. The quantitative estimate of drug-likeness (QED) is 0.799. The average molecular weight is 253 g/mol. The van der Waals surface area contributed by atoms with Crippen molar-refractivity contribution in [2.24, 2.45) is 7.05 Å². The van der Waals surface area contributed by atoms with Crippen LogP contribution in [0.3, 0.4) is 0 Å². The third kappa shape index (κ3) is 3.27. The van der Waals surface area contributed by atoms with Gasteiger partial charge >= 0.3 is 0 Å². The molecule has 2 heterocycles. The Morgan fingerprint density at radius 1 is 1.53 bits per heavy atom. The van der Waals surface area contributed by atoms with E-state index in [4.69, 9.17) is 0 Å². The maximum absolute atomic E-state index is 4.26. The second-order valence-corrected chi connectivity index (χ2v) is 4.29. The van der Waals surface area contributed by atoms with E-state index in [9.17, 15) is 0 Å². The van der Waals surface area contributed by atoms with Gasteiger partial charge in [-0.05, 0) is 18.2 Å². The van der Waals surface area contributed by atoms with Crippen LogP contribution >= 0.6 is 11.7 Å². The summed E-state index contributed by atoms with van der Waals surface area (Å²) >= 11 is 1.22. The van der Waals surface area contributed by atoms with Crippen molar-refractivity contribution < 1.29 is 0 Å². The van der Waals surface area contributed by atoms with Gasteiger partial charge in [-0.25, -0.2) is 0 Å². The van der Waals surface area contributed by atoms with E-state index in [1.54, 1.807) is 13.2 Å². The Morgan fingerprint density at radius 2 is 2.41 bits per heavy atom. The van der Waals surface area contributed by atoms with Gasteiger partial charge in [0.05, 0.1) is 36.7 Å². The molecule has 2 rings (SSSR count). The van der Waals surface area contributed by atoms with Gasteiger partial charge in [0.2, 0.25) is 0 Å². The Hall–Kier alpha value is -1.41. The van der Waals surface area contributed by atoms with Gasteiger partial charge in [0.1, 0.15) is 0 Å². The summed E-state index contributed by atoms with van der Waals surface area (Å²) in [7, 11) is 1.76. The Labute approximate surface area is 104 Å². The molecule has 7 nitrogen and oxygen atoms in total. The number of nitrogens with one attached hydrogen (secondary N) is 1. The SMILES string of the molecule is CCCNC(Cc1nnn(C)n1)c1cnsn1. The average Bonchev–Trinajstić information content (AvgIpc) is 2.95. The summed E-state index contributed by atoms with van der Waals surface area (Å²) < 4.78 is 8.28. The van der Waals surface area contributed by atoms with Gasteiger partial charge in [0, 0.05) is 6.42 Å². The predicted octanol–water partition coefficient (Wildman–Crippen LogP) is 0.345. The smallest absolute Gasteiger partial charge is 0.176 e. The molecule has 1 atom stereocenters. The molecule has 0 amide bonds. The topological polar surface area (TPSA) is 81.4 Å². The minimum Gasteiger partial charge on any atom is -0.308 e. The van der Waals surface area contributed by atoms with Gasteiger partial charge in [-0.15, -0.1) is 10.2 Å². The Balaban J connectivity index is 2.05. The van der Waals surface area contributed by atoms with Gasteiger partial charge in [-0.2, -0.15) is 13.5 Å². The van der Waals surface area contributed by atoms with Crippen molar-refractivity contribution in [3.8, 4) is 0 Å². The molecular formula is C9H15N7S. The minimum atomic E-state index is 0.109. The lowest BCUT2D eigenvalue weighted by Gasteiger charge is -2.13. The van der Waals surface area contributed by atoms with Crippen LogP contribution in [0.2, 0.25) is 0 Å². The van der Waals surface area contributed by atoms with Gasteiger partial charge in [0.25, 0.3) is 0 Å². The highest BCUT2D eigenvalue weighted by Crippen LogP contribution is 2.14. The molecule has 0 radical (unpaired) electrons. The van der Waals surface area contributed by atoms with Crippen LogP contribution in [-0.2, 0) is 13.5 Å². The number of nitrogens with zero attached hydrogens (tertiary/aromatic N) is 6. The van der Waals surface area contributed by atoms with Gasteiger partial charge in [-0.3, -0.25) is 0 Å². The van der Waals surface area contributed by atoms with E-state index in [-0.39, 0.29) is 6.04 Å². The molecule has 92 valence electrons. The summed E-state index contributed by atoms with van der Waals surface area (Å²) in [5.74, 6) is 0.717. The molecule has 0 bridgehead atoms. The standard InChI is InChI=1S/C9H15N7S/c1-3-4-10-7(8-6-11-17-14-8)5-9-12-15-16(2)13-9/h6-7,10H,3-5H2,1-2H3. The first-order valence-corrected chi connectivity index (χ1v) is 6.26. The molecule has 0 aliphatic heterocycles. The highest BCUT2D eigenvalue weighted by molar-refractivity contribution is 6.99. The molecule has 17 heavy (non-hydrogen) atoms. The third-order valence-electron chi connectivity index (χ3n) is 2.31.